The molecule has 1 N–H and O–H groups in total. The van der Waals surface area contributed by atoms with E-state index in [0.29, 0.717) is 36.8 Å². The van der Waals surface area contributed by atoms with Gasteiger partial charge in [-0.1, -0.05) is 97.4 Å². The molecular weight excluding hydrogens is 515 g/mol. The molecular formula is C31H31N4NaO4. The molecule has 0 unspecified atom stereocenters. The zero-order chi connectivity index (χ0) is 27.2. The van der Waals surface area contributed by atoms with E-state index in [0.717, 1.165) is 46.4 Å². The van der Waals surface area contributed by atoms with Crippen LogP contribution in [0.15, 0.2) is 93.0 Å². The molecule has 3 aromatic carbocycles. The van der Waals surface area contributed by atoms with Crippen LogP contribution in [0.25, 0.3) is 22.5 Å². The average Bonchev–Trinajstić information content (AvgIpc) is 3.41. The zero-order valence-corrected chi connectivity index (χ0v) is 22.0. The molecule has 0 aliphatic heterocycles. The minimum atomic E-state index is -0.597. The number of aromatic nitrogens is 4. The summed E-state index contributed by atoms with van der Waals surface area (Å²) in [5.74, 6) is -0.219. The fourth-order valence-corrected chi connectivity index (χ4v) is 4.70. The summed E-state index contributed by atoms with van der Waals surface area (Å²) in [6, 6.07) is 25.9. The first-order valence-corrected chi connectivity index (χ1v) is 13.0. The van der Waals surface area contributed by atoms with Crippen molar-refractivity contribution < 1.29 is 9.26 Å². The summed E-state index contributed by atoms with van der Waals surface area (Å²) in [5, 5.41) is 3.84. The topological polar surface area (TPSA) is 103 Å². The molecule has 40 heavy (non-hydrogen) atoms. The van der Waals surface area contributed by atoms with Crippen molar-refractivity contribution in [3.05, 3.63) is 122 Å². The summed E-state index contributed by atoms with van der Waals surface area (Å²) >= 11 is 0. The van der Waals surface area contributed by atoms with Gasteiger partial charge in [0.15, 0.2) is 5.82 Å². The number of aromatic amines is 1. The van der Waals surface area contributed by atoms with E-state index in [1.807, 2.05) is 78.9 Å². The molecule has 0 fully saturated rings. The van der Waals surface area contributed by atoms with Gasteiger partial charge < -0.3 is 4.74 Å². The van der Waals surface area contributed by atoms with E-state index in [1.54, 1.807) is 11.7 Å². The van der Waals surface area contributed by atoms with Crippen LogP contribution in [-0.2, 0) is 19.4 Å². The molecule has 0 bridgehead atoms. The second-order valence-corrected chi connectivity index (χ2v) is 9.37. The molecule has 0 amide bonds. The van der Waals surface area contributed by atoms with Crippen LogP contribution in [-0.4, -0.2) is 56.4 Å². The Hall–Kier alpha value is -3.72. The van der Waals surface area contributed by atoms with Gasteiger partial charge >= 0.3 is 35.3 Å². The van der Waals surface area contributed by atoms with Crippen molar-refractivity contribution in [3.63, 3.8) is 0 Å². The van der Waals surface area contributed by atoms with Gasteiger partial charge in [-0.25, -0.2) is 9.78 Å². The quantitative estimate of drug-likeness (QED) is 0.257. The number of benzene rings is 3. The SMILES string of the molecule is CCCCc1nc(OC)n(Cc2ccccc2)c(=O)c1Cc1ccc(-c2ccccc2-c2noc(=O)[nH]2)cc1.[NaH]. The zero-order valence-electron chi connectivity index (χ0n) is 22.0. The number of nitrogens with one attached hydrogen (secondary N) is 1. The van der Waals surface area contributed by atoms with E-state index in [-0.39, 0.29) is 35.1 Å². The normalized spacial score (nSPS) is 10.8. The van der Waals surface area contributed by atoms with Crippen LogP contribution in [0.3, 0.4) is 0 Å². The second kappa shape index (κ2) is 13.6. The Balaban J connectivity index is 0.00000370. The summed E-state index contributed by atoms with van der Waals surface area (Å²) < 4.78 is 11.9. The molecule has 2 heterocycles. The predicted octanol–water partition coefficient (Wildman–Crippen LogP) is 4.60. The monoisotopic (exact) mass is 546 g/mol. The molecule has 0 spiro atoms. The third-order valence-corrected chi connectivity index (χ3v) is 6.71. The maximum atomic E-state index is 13.8. The fourth-order valence-electron chi connectivity index (χ4n) is 4.70. The number of nitrogens with zero attached hydrogens (tertiary/aromatic N) is 3. The standard InChI is InChI=1S/C31H30N4O4.Na.H/c1-3-4-14-27-26(29(36)35(30(32-27)38-2)20-22-10-6-5-7-11-22)19-21-15-17-23(18-16-21)24-12-8-9-13-25(24)28-33-31(37)39-34-28;;/h5-13,15-18H,3-4,14,19-20H2,1-2H3,(H,33,34,37);;. The van der Waals surface area contributed by atoms with Crippen LogP contribution in [0.1, 0.15) is 42.1 Å². The number of methoxy groups -OCH3 is 1. The fraction of sp³-hybridized carbons (Fsp3) is 0.226. The van der Waals surface area contributed by atoms with Crippen molar-refractivity contribution in [2.75, 3.05) is 7.11 Å². The molecule has 5 rings (SSSR count). The van der Waals surface area contributed by atoms with Gasteiger partial charge in [0.1, 0.15) is 0 Å². The van der Waals surface area contributed by atoms with Gasteiger partial charge in [0, 0.05) is 17.5 Å². The van der Waals surface area contributed by atoms with E-state index in [4.69, 9.17) is 14.2 Å². The van der Waals surface area contributed by atoms with Crippen LogP contribution < -0.4 is 16.1 Å². The minimum absolute atomic E-state index is 0. The van der Waals surface area contributed by atoms with E-state index in [9.17, 15) is 9.59 Å². The van der Waals surface area contributed by atoms with Crippen LogP contribution in [0.5, 0.6) is 6.01 Å². The molecule has 200 valence electrons. The van der Waals surface area contributed by atoms with Crippen molar-refractivity contribution >= 4 is 29.6 Å². The molecule has 0 radical (unpaired) electrons. The number of aryl methyl sites for hydroxylation is 1. The van der Waals surface area contributed by atoms with E-state index < -0.39 is 5.76 Å². The summed E-state index contributed by atoms with van der Waals surface area (Å²) in [6.45, 7) is 2.51. The van der Waals surface area contributed by atoms with Crippen molar-refractivity contribution in [1.29, 1.82) is 0 Å². The summed E-state index contributed by atoms with van der Waals surface area (Å²) in [5.41, 5.74) is 6.03. The first-order chi connectivity index (χ1) is 19.1. The van der Waals surface area contributed by atoms with E-state index in [1.165, 1.54) is 0 Å². The van der Waals surface area contributed by atoms with Crippen molar-refractivity contribution in [3.8, 4) is 28.5 Å². The van der Waals surface area contributed by atoms with Crippen LogP contribution >= 0.6 is 0 Å². The number of hydrogen-bond acceptors (Lipinski definition) is 6. The van der Waals surface area contributed by atoms with Gasteiger partial charge in [-0.2, -0.15) is 0 Å². The van der Waals surface area contributed by atoms with Gasteiger partial charge in [-0.15, -0.1) is 0 Å². The molecule has 8 nitrogen and oxygen atoms in total. The number of ether oxygens (including phenoxy) is 1. The first kappa shape index (κ1) is 29.3. The van der Waals surface area contributed by atoms with E-state index >= 15 is 0 Å². The Morgan fingerprint density at radius 2 is 1.60 bits per heavy atom. The molecule has 0 aliphatic carbocycles. The molecule has 0 saturated heterocycles. The van der Waals surface area contributed by atoms with Crippen molar-refractivity contribution in [2.24, 2.45) is 0 Å². The summed E-state index contributed by atoms with van der Waals surface area (Å²) in [4.78, 5) is 32.7. The predicted molar refractivity (Wildman–Crippen MR) is 157 cm³/mol. The molecule has 0 atom stereocenters. The molecule has 9 heteroatoms. The Morgan fingerprint density at radius 3 is 2.25 bits per heavy atom. The Bertz CT molecular complexity index is 1670. The van der Waals surface area contributed by atoms with Crippen molar-refractivity contribution in [1.82, 2.24) is 19.7 Å². The third-order valence-electron chi connectivity index (χ3n) is 6.71. The van der Waals surface area contributed by atoms with Crippen LogP contribution in [0.4, 0.5) is 0 Å². The van der Waals surface area contributed by atoms with Gasteiger partial charge in [0.2, 0.25) is 0 Å². The van der Waals surface area contributed by atoms with Crippen molar-refractivity contribution in [2.45, 2.75) is 39.2 Å². The molecule has 5 aromatic rings. The Morgan fingerprint density at radius 1 is 0.900 bits per heavy atom. The Kier molecular flexibility index (Phi) is 9.93. The van der Waals surface area contributed by atoms with E-state index in [2.05, 4.69) is 17.1 Å². The molecule has 0 saturated carbocycles. The van der Waals surface area contributed by atoms with Gasteiger partial charge in [0.05, 0.1) is 19.3 Å². The third kappa shape index (κ3) is 6.53. The van der Waals surface area contributed by atoms with Gasteiger partial charge in [0.25, 0.3) is 11.6 Å². The van der Waals surface area contributed by atoms with Crippen LogP contribution in [0.2, 0.25) is 0 Å². The molecule has 2 aromatic heterocycles. The molecule has 0 aliphatic rings. The Labute approximate surface area is 254 Å². The summed E-state index contributed by atoms with van der Waals surface area (Å²) in [7, 11) is 1.55. The number of unbranched alkanes of at least 4 members (excludes halogenated alkanes) is 1. The van der Waals surface area contributed by atoms with Gasteiger partial charge in [-0.3, -0.25) is 18.9 Å². The second-order valence-electron chi connectivity index (χ2n) is 9.37. The number of H-pyrrole nitrogens is 1. The summed E-state index contributed by atoms with van der Waals surface area (Å²) in [6.07, 6.45) is 3.11. The number of hydrogen-bond donors (Lipinski definition) is 1. The van der Waals surface area contributed by atoms with Crippen LogP contribution in [0, 0.1) is 0 Å². The maximum absolute atomic E-state index is 13.8. The number of rotatable bonds is 10. The van der Waals surface area contributed by atoms with Gasteiger partial charge in [-0.05, 0) is 35.1 Å². The first-order valence-electron chi connectivity index (χ1n) is 13.0. The average molecular weight is 547 g/mol.